The van der Waals surface area contributed by atoms with Crippen LogP contribution in [0, 0.1) is 5.41 Å². The van der Waals surface area contributed by atoms with Crippen molar-refractivity contribution in [2.75, 3.05) is 0 Å². The van der Waals surface area contributed by atoms with Crippen molar-refractivity contribution in [3.63, 3.8) is 0 Å². The van der Waals surface area contributed by atoms with Crippen molar-refractivity contribution >= 4 is 6.08 Å². The highest BCUT2D eigenvalue weighted by atomic mass is 16.1. The van der Waals surface area contributed by atoms with Crippen LogP contribution in [0.25, 0.3) is 0 Å². The van der Waals surface area contributed by atoms with E-state index in [1.807, 2.05) is 0 Å². The molecule has 2 heteroatoms. The molecule has 8 heavy (non-hydrogen) atoms. The van der Waals surface area contributed by atoms with Crippen molar-refractivity contribution in [2.24, 2.45) is 0 Å². The van der Waals surface area contributed by atoms with Crippen LogP contribution in [0.2, 0.25) is 0 Å². The fraction of sp³-hybridized carbons (Fsp3) is 0.167. The Kier molecular flexibility index (Phi) is 5.02. The Morgan fingerprint density at radius 1 is 1.38 bits per heavy atom. The molecule has 0 aromatic rings. The van der Waals surface area contributed by atoms with Gasteiger partial charge < -0.3 is 0 Å². The van der Waals surface area contributed by atoms with Gasteiger partial charge in [0, 0.05) is 0 Å². The Morgan fingerprint density at radius 2 is 1.75 bits per heavy atom. The van der Waals surface area contributed by atoms with E-state index in [1.54, 1.807) is 0 Å². The standard InChI is InChI=1S/C5H6.CHNO/c1-2-4-5-3-1;2-1-3/h1-4H,5H2;2H. The summed E-state index contributed by atoms with van der Waals surface area (Å²) in [4.78, 5) is 8.35. The molecular weight excluding hydrogens is 102 g/mol. The molecule has 0 heterocycles. The molecule has 0 unspecified atom stereocenters. The molecule has 42 valence electrons. The van der Waals surface area contributed by atoms with Gasteiger partial charge in [-0.15, -0.1) is 0 Å². The molecule has 0 aromatic carbocycles. The van der Waals surface area contributed by atoms with Gasteiger partial charge in [-0.2, -0.15) is 0 Å². The Balaban J connectivity index is 0.000000145. The van der Waals surface area contributed by atoms with E-state index in [4.69, 9.17) is 10.2 Å². The van der Waals surface area contributed by atoms with Crippen molar-refractivity contribution in [3.05, 3.63) is 24.3 Å². The number of hydrogen-bond donors (Lipinski definition) is 1. The average Bonchev–Trinajstić information content (AvgIpc) is 2.17. The third-order valence-corrected chi connectivity index (χ3v) is 0.655. The highest BCUT2D eigenvalue weighted by Crippen LogP contribution is 1.93. The molecule has 0 amide bonds. The van der Waals surface area contributed by atoms with Crippen molar-refractivity contribution in [1.29, 1.82) is 5.41 Å². The van der Waals surface area contributed by atoms with E-state index in [0.29, 0.717) is 0 Å². The van der Waals surface area contributed by atoms with Gasteiger partial charge in [0.25, 0.3) is 0 Å². The van der Waals surface area contributed by atoms with Crippen LogP contribution in [-0.2, 0) is 4.79 Å². The molecule has 0 bridgehead atoms. The molecule has 1 N–H and O–H groups in total. The molecule has 1 aliphatic rings. The lowest BCUT2D eigenvalue weighted by Gasteiger charge is -1.57. The Morgan fingerprint density at radius 3 is 1.88 bits per heavy atom. The van der Waals surface area contributed by atoms with Crippen molar-refractivity contribution < 1.29 is 4.79 Å². The van der Waals surface area contributed by atoms with E-state index in [9.17, 15) is 0 Å². The summed E-state index contributed by atoms with van der Waals surface area (Å²) in [5.41, 5.74) is 0. The summed E-state index contributed by atoms with van der Waals surface area (Å²) in [7, 11) is 0. The lowest BCUT2D eigenvalue weighted by molar-refractivity contribution is 0.563. The Bertz CT molecular complexity index is 119. The minimum Gasteiger partial charge on any atom is -0.222 e. The second-order valence-electron chi connectivity index (χ2n) is 1.19. The Hall–Kier alpha value is -1.14. The second-order valence-corrected chi connectivity index (χ2v) is 1.19. The molecule has 0 radical (unpaired) electrons. The van der Waals surface area contributed by atoms with E-state index in [1.165, 1.54) is 0 Å². The first-order valence-electron chi connectivity index (χ1n) is 2.27. The first kappa shape index (κ1) is 6.86. The zero-order valence-corrected chi connectivity index (χ0v) is 4.42. The van der Waals surface area contributed by atoms with Gasteiger partial charge in [-0.1, -0.05) is 24.3 Å². The first-order chi connectivity index (χ1) is 3.91. The first-order valence-corrected chi connectivity index (χ1v) is 2.27. The van der Waals surface area contributed by atoms with Crippen LogP contribution in [0.5, 0.6) is 0 Å². The predicted octanol–water partition coefficient (Wildman–Crippen LogP) is 1.40. The third-order valence-electron chi connectivity index (χ3n) is 0.655. The van der Waals surface area contributed by atoms with Crippen LogP contribution < -0.4 is 0 Å². The van der Waals surface area contributed by atoms with Gasteiger partial charge in [0.15, 0.2) is 0 Å². The maximum absolute atomic E-state index is 8.35. The molecule has 0 aliphatic heterocycles. The number of nitrogens with one attached hydrogen (secondary N) is 1. The van der Waals surface area contributed by atoms with Gasteiger partial charge in [-0.3, -0.25) is 0 Å². The highest BCUT2D eigenvalue weighted by molar-refractivity contribution is 5.26. The monoisotopic (exact) mass is 109 g/mol. The number of allylic oxidation sites excluding steroid dienone is 4. The molecule has 1 rings (SSSR count). The maximum Gasteiger partial charge on any atom is 0.231 e. The quantitative estimate of drug-likeness (QED) is 0.370. The molecule has 0 atom stereocenters. The van der Waals surface area contributed by atoms with Crippen molar-refractivity contribution in [2.45, 2.75) is 6.42 Å². The summed E-state index contributed by atoms with van der Waals surface area (Å²) in [5.74, 6) is 0. The average molecular weight is 109 g/mol. The topological polar surface area (TPSA) is 40.9 Å². The summed E-state index contributed by atoms with van der Waals surface area (Å²) >= 11 is 0. The summed E-state index contributed by atoms with van der Waals surface area (Å²) in [6, 6.07) is 0. The molecule has 0 saturated heterocycles. The summed E-state index contributed by atoms with van der Waals surface area (Å²) in [5, 5.41) is 5.40. The zero-order valence-electron chi connectivity index (χ0n) is 4.42. The summed E-state index contributed by atoms with van der Waals surface area (Å²) in [6.07, 6.45) is 10.2. The van der Waals surface area contributed by atoms with E-state index < -0.39 is 0 Å². The SMILES string of the molecule is C1=CCC=C1.N=C=O. The smallest absolute Gasteiger partial charge is 0.222 e. The highest BCUT2D eigenvalue weighted by Gasteiger charge is 1.72. The molecule has 0 aromatic heterocycles. The van der Waals surface area contributed by atoms with Crippen LogP contribution in [0.15, 0.2) is 24.3 Å². The van der Waals surface area contributed by atoms with Gasteiger partial charge in [0.05, 0.1) is 0 Å². The largest absolute Gasteiger partial charge is 0.231 e. The van der Waals surface area contributed by atoms with Crippen LogP contribution >= 0.6 is 0 Å². The van der Waals surface area contributed by atoms with Gasteiger partial charge in [-0.05, 0) is 6.42 Å². The van der Waals surface area contributed by atoms with Gasteiger partial charge in [0.1, 0.15) is 0 Å². The van der Waals surface area contributed by atoms with Crippen LogP contribution in [0.3, 0.4) is 0 Å². The number of rotatable bonds is 0. The van der Waals surface area contributed by atoms with E-state index >= 15 is 0 Å². The summed E-state index contributed by atoms with van der Waals surface area (Å²) in [6.45, 7) is 0. The second kappa shape index (κ2) is 5.86. The van der Waals surface area contributed by atoms with E-state index in [0.717, 1.165) is 12.5 Å². The number of carbonyl (C=O) groups excluding carboxylic acids is 1. The minimum atomic E-state index is 0.750. The summed E-state index contributed by atoms with van der Waals surface area (Å²) < 4.78 is 0. The van der Waals surface area contributed by atoms with Crippen LogP contribution in [0.1, 0.15) is 6.42 Å². The van der Waals surface area contributed by atoms with Crippen LogP contribution in [-0.4, -0.2) is 6.08 Å². The van der Waals surface area contributed by atoms with Crippen molar-refractivity contribution in [3.8, 4) is 0 Å². The van der Waals surface area contributed by atoms with E-state index in [2.05, 4.69) is 24.3 Å². The minimum absolute atomic E-state index is 0.750. The maximum atomic E-state index is 8.35. The lowest BCUT2D eigenvalue weighted by Crippen LogP contribution is -1.37. The fourth-order valence-electron chi connectivity index (χ4n) is 0.393. The van der Waals surface area contributed by atoms with E-state index in [-0.39, 0.29) is 0 Å². The van der Waals surface area contributed by atoms with Gasteiger partial charge in [-0.25, -0.2) is 10.2 Å². The van der Waals surface area contributed by atoms with Crippen LogP contribution in [0.4, 0.5) is 0 Å². The zero-order chi connectivity index (χ0) is 6.24. The third kappa shape index (κ3) is 4.86. The molecule has 2 nitrogen and oxygen atoms in total. The fourth-order valence-corrected chi connectivity index (χ4v) is 0.393. The normalized spacial score (nSPS) is 12.0. The van der Waals surface area contributed by atoms with Gasteiger partial charge >= 0.3 is 0 Å². The van der Waals surface area contributed by atoms with Crippen molar-refractivity contribution in [1.82, 2.24) is 0 Å². The lowest BCUT2D eigenvalue weighted by atomic mass is 10.5. The molecule has 0 spiro atoms. The molecular formula is C6H7NO. The molecule has 0 fully saturated rings. The predicted molar refractivity (Wildman–Crippen MR) is 31.3 cm³/mol. The molecule has 0 saturated carbocycles. The number of hydrogen-bond acceptors (Lipinski definition) is 2. The van der Waals surface area contributed by atoms with Gasteiger partial charge in [0.2, 0.25) is 6.08 Å². The Labute approximate surface area is 48.0 Å². The number of isocyanates is 1. The molecule has 1 aliphatic carbocycles.